The van der Waals surface area contributed by atoms with Crippen molar-refractivity contribution in [3.63, 3.8) is 0 Å². The summed E-state index contributed by atoms with van der Waals surface area (Å²) in [6.07, 6.45) is -0.211. The highest BCUT2D eigenvalue weighted by Crippen LogP contribution is 2.18. The summed E-state index contributed by atoms with van der Waals surface area (Å²) in [7, 11) is 1.61. The first kappa shape index (κ1) is 16.3. The predicted octanol–water partition coefficient (Wildman–Crippen LogP) is 3.65. The van der Waals surface area contributed by atoms with Crippen molar-refractivity contribution in [3.05, 3.63) is 60.2 Å². The molecule has 0 spiro atoms. The molecule has 0 aliphatic carbocycles. The van der Waals surface area contributed by atoms with Gasteiger partial charge in [-0.1, -0.05) is 30.3 Å². The van der Waals surface area contributed by atoms with Gasteiger partial charge in [0.1, 0.15) is 24.7 Å². The molecule has 118 valence electrons. The first-order chi connectivity index (χ1) is 10.8. The summed E-state index contributed by atoms with van der Waals surface area (Å²) >= 11 is 0. The molecule has 4 nitrogen and oxygen atoms in total. The van der Waals surface area contributed by atoms with E-state index in [0.717, 1.165) is 17.1 Å². The monoisotopic (exact) mass is 302 g/mol. The Kier molecular flexibility index (Phi) is 6.74. The first-order valence-corrected chi connectivity index (χ1v) is 7.32. The third-order valence-electron chi connectivity index (χ3n) is 3.11. The minimum Gasteiger partial charge on any atom is -0.491 e. The summed E-state index contributed by atoms with van der Waals surface area (Å²) in [5.41, 5.74) is 1.15. The van der Waals surface area contributed by atoms with Crippen LogP contribution in [0, 0.1) is 0 Å². The van der Waals surface area contributed by atoms with Gasteiger partial charge in [0.05, 0.1) is 6.61 Å². The number of hydrogen-bond donors (Lipinski definition) is 0. The van der Waals surface area contributed by atoms with Crippen LogP contribution in [0.4, 0.5) is 0 Å². The quantitative estimate of drug-likeness (QED) is 0.523. The molecule has 1 atom stereocenters. The molecule has 22 heavy (non-hydrogen) atoms. The van der Waals surface area contributed by atoms with E-state index >= 15 is 0 Å². The third-order valence-corrected chi connectivity index (χ3v) is 3.11. The Morgan fingerprint density at radius 1 is 0.818 bits per heavy atom. The normalized spacial score (nSPS) is 11.9. The SMILES string of the molecule is COC(C)OCCOc1ccc(OCc2ccccc2)cc1. The fraction of sp³-hybridized carbons (Fsp3) is 0.333. The Bertz CT molecular complexity index is 525. The molecule has 0 radical (unpaired) electrons. The second kappa shape index (κ2) is 9.07. The molecule has 2 aromatic carbocycles. The maximum atomic E-state index is 5.72. The van der Waals surface area contributed by atoms with E-state index in [-0.39, 0.29) is 6.29 Å². The Labute approximate surface area is 131 Å². The van der Waals surface area contributed by atoms with Gasteiger partial charge in [-0.3, -0.25) is 0 Å². The molecule has 0 fully saturated rings. The van der Waals surface area contributed by atoms with E-state index in [2.05, 4.69) is 0 Å². The van der Waals surface area contributed by atoms with Crippen LogP contribution in [0.2, 0.25) is 0 Å². The van der Waals surface area contributed by atoms with Gasteiger partial charge in [-0.15, -0.1) is 0 Å². The van der Waals surface area contributed by atoms with Crippen molar-refractivity contribution in [2.45, 2.75) is 19.8 Å². The largest absolute Gasteiger partial charge is 0.491 e. The highest BCUT2D eigenvalue weighted by molar-refractivity contribution is 5.31. The van der Waals surface area contributed by atoms with Crippen molar-refractivity contribution in [1.82, 2.24) is 0 Å². The van der Waals surface area contributed by atoms with Crippen LogP contribution in [-0.4, -0.2) is 26.6 Å². The molecule has 4 heteroatoms. The fourth-order valence-electron chi connectivity index (χ4n) is 1.81. The van der Waals surface area contributed by atoms with Gasteiger partial charge in [0.15, 0.2) is 6.29 Å². The lowest BCUT2D eigenvalue weighted by molar-refractivity contribution is -0.115. The predicted molar refractivity (Wildman–Crippen MR) is 85.1 cm³/mol. The number of methoxy groups -OCH3 is 1. The van der Waals surface area contributed by atoms with E-state index in [9.17, 15) is 0 Å². The molecule has 0 saturated heterocycles. The van der Waals surface area contributed by atoms with Crippen LogP contribution in [0.3, 0.4) is 0 Å². The molecule has 0 aliphatic heterocycles. The molecule has 1 unspecified atom stereocenters. The zero-order chi connectivity index (χ0) is 15.6. The molecule has 0 aromatic heterocycles. The topological polar surface area (TPSA) is 36.9 Å². The molecule has 0 aliphatic rings. The summed E-state index contributed by atoms with van der Waals surface area (Å²) in [6, 6.07) is 17.7. The van der Waals surface area contributed by atoms with Crippen LogP contribution in [-0.2, 0) is 16.1 Å². The maximum Gasteiger partial charge on any atom is 0.154 e. The van der Waals surface area contributed by atoms with Crippen LogP contribution < -0.4 is 9.47 Å². The van der Waals surface area contributed by atoms with E-state index in [1.165, 1.54) is 0 Å². The highest BCUT2D eigenvalue weighted by atomic mass is 16.7. The maximum absolute atomic E-state index is 5.72. The van der Waals surface area contributed by atoms with E-state index in [4.69, 9.17) is 18.9 Å². The van der Waals surface area contributed by atoms with Crippen molar-refractivity contribution in [3.8, 4) is 11.5 Å². The second-order valence-electron chi connectivity index (χ2n) is 4.77. The summed E-state index contributed by atoms with van der Waals surface area (Å²) in [5, 5.41) is 0. The van der Waals surface area contributed by atoms with Gasteiger partial charge in [0.2, 0.25) is 0 Å². The van der Waals surface area contributed by atoms with Gasteiger partial charge in [0.25, 0.3) is 0 Å². The van der Waals surface area contributed by atoms with Gasteiger partial charge in [-0.05, 0) is 36.8 Å². The lowest BCUT2D eigenvalue weighted by Crippen LogP contribution is -2.15. The van der Waals surface area contributed by atoms with E-state index in [0.29, 0.717) is 19.8 Å². The number of ether oxygens (including phenoxy) is 4. The molecule has 0 saturated carbocycles. The zero-order valence-corrected chi connectivity index (χ0v) is 13.0. The van der Waals surface area contributed by atoms with Gasteiger partial charge in [-0.25, -0.2) is 0 Å². The first-order valence-electron chi connectivity index (χ1n) is 7.32. The van der Waals surface area contributed by atoms with Crippen molar-refractivity contribution < 1.29 is 18.9 Å². The molecule has 0 heterocycles. The third kappa shape index (κ3) is 5.76. The Balaban J connectivity index is 1.71. The summed E-state index contributed by atoms with van der Waals surface area (Å²) in [6.45, 7) is 3.38. The second-order valence-corrected chi connectivity index (χ2v) is 4.77. The van der Waals surface area contributed by atoms with Crippen LogP contribution in [0.1, 0.15) is 12.5 Å². The van der Waals surface area contributed by atoms with E-state index < -0.39 is 0 Å². The lowest BCUT2D eigenvalue weighted by atomic mass is 10.2. The van der Waals surface area contributed by atoms with Gasteiger partial charge < -0.3 is 18.9 Å². The highest BCUT2D eigenvalue weighted by Gasteiger charge is 2.00. The zero-order valence-electron chi connectivity index (χ0n) is 13.0. The summed E-state index contributed by atoms with van der Waals surface area (Å²) < 4.78 is 21.6. The van der Waals surface area contributed by atoms with Crippen LogP contribution >= 0.6 is 0 Å². The minimum absolute atomic E-state index is 0.211. The van der Waals surface area contributed by atoms with Crippen LogP contribution in [0.25, 0.3) is 0 Å². The summed E-state index contributed by atoms with van der Waals surface area (Å²) in [4.78, 5) is 0. The molecule has 2 rings (SSSR count). The number of rotatable bonds is 9. The van der Waals surface area contributed by atoms with Gasteiger partial charge >= 0.3 is 0 Å². The van der Waals surface area contributed by atoms with Gasteiger partial charge in [0, 0.05) is 7.11 Å². The number of hydrogen-bond acceptors (Lipinski definition) is 4. The van der Waals surface area contributed by atoms with E-state index in [1.807, 2.05) is 61.5 Å². The van der Waals surface area contributed by atoms with Crippen molar-refractivity contribution in [2.24, 2.45) is 0 Å². The average molecular weight is 302 g/mol. The van der Waals surface area contributed by atoms with Crippen molar-refractivity contribution >= 4 is 0 Å². The minimum atomic E-state index is -0.211. The van der Waals surface area contributed by atoms with Crippen molar-refractivity contribution in [2.75, 3.05) is 20.3 Å². The van der Waals surface area contributed by atoms with Crippen LogP contribution in [0.5, 0.6) is 11.5 Å². The molecule has 2 aromatic rings. The van der Waals surface area contributed by atoms with E-state index in [1.54, 1.807) is 7.11 Å². The average Bonchev–Trinajstić information content (AvgIpc) is 2.58. The van der Waals surface area contributed by atoms with Gasteiger partial charge in [-0.2, -0.15) is 0 Å². The molecule has 0 N–H and O–H groups in total. The molecule has 0 bridgehead atoms. The standard InChI is InChI=1S/C18H22O4/c1-15(19-2)20-12-13-21-17-8-10-18(11-9-17)22-14-16-6-4-3-5-7-16/h3-11,15H,12-14H2,1-2H3. The fourth-order valence-corrected chi connectivity index (χ4v) is 1.81. The molecular formula is C18H22O4. The Morgan fingerprint density at radius 3 is 2.09 bits per heavy atom. The Hall–Kier alpha value is -2.04. The molecule has 0 amide bonds. The molecular weight excluding hydrogens is 280 g/mol. The lowest BCUT2D eigenvalue weighted by Gasteiger charge is -2.12. The summed E-state index contributed by atoms with van der Waals surface area (Å²) in [5.74, 6) is 1.61. The van der Waals surface area contributed by atoms with Crippen molar-refractivity contribution in [1.29, 1.82) is 0 Å². The Morgan fingerprint density at radius 2 is 1.45 bits per heavy atom. The smallest absolute Gasteiger partial charge is 0.154 e. The van der Waals surface area contributed by atoms with Crippen LogP contribution in [0.15, 0.2) is 54.6 Å². The number of benzene rings is 2.